The summed E-state index contributed by atoms with van der Waals surface area (Å²) in [7, 11) is 0. The van der Waals surface area contributed by atoms with Crippen molar-refractivity contribution >= 4 is 49.7 Å². The standard InChI is InChI=1S/C19H20N4OS2/c25-18(20-15-4-2-1-3-5-15)22-19-21-16-7-6-14(12-17(16)26-19)13-23-8-10-24-11-9-23/h1-7,12H,8-11,13H2,(H2,20,21,22,25). The van der Waals surface area contributed by atoms with Crippen molar-refractivity contribution in [2.45, 2.75) is 6.54 Å². The fourth-order valence-electron chi connectivity index (χ4n) is 2.92. The first-order valence-electron chi connectivity index (χ1n) is 8.59. The van der Waals surface area contributed by atoms with E-state index in [9.17, 15) is 0 Å². The molecule has 0 radical (unpaired) electrons. The molecular formula is C19H20N4OS2. The molecule has 1 aliphatic rings. The van der Waals surface area contributed by atoms with Gasteiger partial charge in [-0.25, -0.2) is 4.98 Å². The van der Waals surface area contributed by atoms with Crippen LogP contribution < -0.4 is 10.6 Å². The molecule has 5 nitrogen and oxygen atoms in total. The van der Waals surface area contributed by atoms with E-state index in [0.717, 1.165) is 49.2 Å². The van der Waals surface area contributed by atoms with Crippen molar-refractivity contribution in [3.8, 4) is 0 Å². The molecule has 1 saturated heterocycles. The Hall–Kier alpha value is -2.06. The van der Waals surface area contributed by atoms with Gasteiger partial charge in [-0.15, -0.1) is 0 Å². The number of hydrogen-bond donors (Lipinski definition) is 2. The van der Waals surface area contributed by atoms with Crippen molar-refractivity contribution in [1.82, 2.24) is 9.88 Å². The number of nitrogens with zero attached hydrogens (tertiary/aromatic N) is 2. The number of nitrogens with one attached hydrogen (secondary N) is 2. The molecule has 134 valence electrons. The van der Waals surface area contributed by atoms with Gasteiger partial charge in [0.05, 0.1) is 23.4 Å². The Labute approximate surface area is 162 Å². The number of benzene rings is 2. The third kappa shape index (κ3) is 4.37. The van der Waals surface area contributed by atoms with E-state index in [1.165, 1.54) is 10.3 Å². The largest absolute Gasteiger partial charge is 0.379 e. The molecule has 0 spiro atoms. The van der Waals surface area contributed by atoms with E-state index in [1.54, 1.807) is 11.3 Å². The maximum Gasteiger partial charge on any atom is 0.190 e. The number of thiazole rings is 1. The van der Waals surface area contributed by atoms with Gasteiger partial charge in [0.15, 0.2) is 10.2 Å². The normalized spacial score (nSPS) is 15.1. The zero-order valence-corrected chi connectivity index (χ0v) is 15.9. The highest BCUT2D eigenvalue weighted by Gasteiger charge is 2.12. The molecular weight excluding hydrogens is 364 g/mol. The van der Waals surface area contributed by atoms with Gasteiger partial charge in [-0.05, 0) is 42.0 Å². The molecule has 26 heavy (non-hydrogen) atoms. The molecule has 2 heterocycles. The molecule has 4 rings (SSSR count). The molecule has 0 unspecified atom stereocenters. The summed E-state index contributed by atoms with van der Waals surface area (Å²) in [6, 6.07) is 16.3. The van der Waals surface area contributed by atoms with E-state index >= 15 is 0 Å². The highest BCUT2D eigenvalue weighted by molar-refractivity contribution is 7.80. The summed E-state index contributed by atoms with van der Waals surface area (Å²) in [4.78, 5) is 7.05. The molecule has 0 bridgehead atoms. The summed E-state index contributed by atoms with van der Waals surface area (Å²) >= 11 is 7.00. The summed E-state index contributed by atoms with van der Waals surface area (Å²) in [5.41, 5.74) is 3.25. The van der Waals surface area contributed by atoms with Gasteiger partial charge in [0.25, 0.3) is 0 Å². The molecule has 0 amide bonds. The lowest BCUT2D eigenvalue weighted by Gasteiger charge is -2.26. The molecule has 0 atom stereocenters. The van der Waals surface area contributed by atoms with Crippen molar-refractivity contribution in [3.63, 3.8) is 0 Å². The molecule has 1 aliphatic heterocycles. The third-order valence-corrected chi connectivity index (χ3v) is 5.35. The van der Waals surface area contributed by atoms with Crippen LogP contribution in [0.5, 0.6) is 0 Å². The molecule has 1 aromatic heterocycles. The average Bonchev–Trinajstić information content (AvgIpc) is 3.04. The minimum atomic E-state index is 0.545. The quantitative estimate of drug-likeness (QED) is 0.665. The zero-order valence-electron chi connectivity index (χ0n) is 14.3. The van der Waals surface area contributed by atoms with Crippen LogP contribution in [0.2, 0.25) is 0 Å². The van der Waals surface area contributed by atoms with E-state index < -0.39 is 0 Å². The number of ether oxygens (including phenoxy) is 1. The van der Waals surface area contributed by atoms with Crippen LogP contribution in [-0.4, -0.2) is 41.3 Å². The Morgan fingerprint density at radius 3 is 2.73 bits per heavy atom. The van der Waals surface area contributed by atoms with Crippen molar-refractivity contribution in [3.05, 3.63) is 54.1 Å². The molecule has 0 saturated carbocycles. The Morgan fingerprint density at radius 1 is 1.12 bits per heavy atom. The molecule has 7 heteroatoms. The van der Waals surface area contributed by atoms with E-state index in [-0.39, 0.29) is 0 Å². The van der Waals surface area contributed by atoms with E-state index in [4.69, 9.17) is 17.0 Å². The number of rotatable bonds is 4. The first-order valence-corrected chi connectivity index (χ1v) is 9.81. The predicted molar refractivity (Wildman–Crippen MR) is 112 cm³/mol. The Balaban J connectivity index is 1.42. The van der Waals surface area contributed by atoms with Crippen LogP contribution in [0.1, 0.15) is 5.56 Å². The number of thiocarbonyl (C=S) groups is 1. The first kappa shape index (κ1) is 17.4. The van der Waals surface area contributed by atoms with Crippen molar-refractivity contribution in [2.75, 3.05) is 36.9 Å². The molecule has 0 aliphatic carbocycles. The van der Waals surface area contributed by atoms with Crippen LogP contribution in [0.4, 0.5) is 10.8 Å². The van der Waals surface area contributed by atoms with Gasteiger partial charge < -0.3 is 15.4 Å². The minimum absolute atomic E-state index is 0.545. The predicted octanol–water partition coefficient (Wildman–Crippen LogP) is 3.94. The Kier molecular flexibility index (Phi) is 5.40. The van der Waals surface area contributed by atoms with E-state index in [1.807, 2.05) is 30.3 Å². The monoisotopic (exact) mass is 384 g/mol. The zero-order chi connectivity index (χ0) is 17.8. The van der Waals surface area contributed by atoms with Crippen molar-refractivity contribution in [1.29, 1.82) is 0 Å². The maximum atomic E-state index is 5.41. The number of hydrogen-bond acceptors (Lipinski definition) is 5. The average molecular weight is 385 g/mol. The Bertz CT molecular complexity index is 891. The smallest absolute Gasteiger partial charge is 0.190 e. The summed E-state index contributed by atoms with van der Waals surface area (Å²) in [5, 5.41) is 7.70. The highest BCUT2D eigenvalue weighted by atomic mass is 32.1. The third-order valence-electron chi connectivity index (χ3n) is 4.21. The highest BCUT2D eigenvalue weighted by Crippen LogP contribution is 2.27. The van der Waals surface area contributed by atoms with Crippen LogP contribution >= 0.6 is 23.6 Å². The maximum absolute atomic E-state index is 5.41. The summed E-state index contributed by atoms with van der Waals surface area (Å²) in [5.74, 6) is 0. The lowest BCUT2D eigenvalue weighted by atomic mass is 10.2. The molecule has 1 fully saturated rings. The van der Waals surface area contributed by atoms with Crippen LogP contribution in [0.3, 0.4) is 0 Å². The molecule has 3 aromatic rings. The fourth-order valence-corrected chi connectivity index (χ4v) is 4.13. The fraction of sp³-hybridized carbons (Fsp3) is 0.263. The van der Waals surface area contributed by atoms with Crippen molar-refractivity contribution < 1.29 is 4.74 Å². The van der Waals surface area contributed by atoms with Gasteiger partial charge in [0, 0.05) is 25.3 Å². The minimum Gasteiger partial charge on any atom is -0.379 e. The second kappa shape index (κ2) is 8.09. The molecule has 2 N–H and O–H groups in total. The van der Waals surface area contributed by atoms with Gasteiger partial charge in [-0.1, -0.05) is 35.6 Å². The number of aromatic nitrogens is 1. The second-order valence-corrected chi connectivity index (χ2v) is 7.59. The van der Waals surface area contributed by atoms with Gasteiger partial charge in [0.1, 0.15) is 0 Å². The van der Waals surface area contributed by atoms with Crippen LogP contribution in [0.15, 0.2) is 48.5 Å². The molecule has 2 aromatic carbocycles. The SMILES string of the molecule is S=C(Nc1ccccc1)Nc1nc2ccc(CN3CCOCC3)cc2s1. The number of morpholine rings is 1. The topological polar surface area (TPSA) is 49.4 Å². The van der Waals surface area contributed by atoms with Crippen LogP contribution in [0.25, 0.3) is 10.2 Å². The number of para-hydroxylation sites is 1. The number of anilines is 2. The van der Waals surface area contributed by atoms with Gasteiger partial charge in [0.2, 0.25) is 0 Å². The van der Waals surface area contributed by atoms with E-state index in [0.29, 0.717) is 5.11 Å². The summed E-state index contributed by atoms with van der Waals surface area (Å²) < 4.78 is 6.58. The van der Waals surface area contributed by atoms with Gasteiger partial charge in [-0.3, -0.25) is 4.90 Å². The summed E-state index contributed by atoms with van der Waals surface area (Å²) in [6.45, 7) is 4.58. The lowest BCUT2D eigenvalue weighted by molar-refractivity contribution is 0.0342. The van der Waals surface area contributed by atoms with Crippen LogP contribution in [-0.2, 0) is 11.3 Å². The van der Waals surface area contributed by atoms with Crippen molar-refractivity contribution in [2.24, 2.45) is 0 Å². The second-order valence-electron chi connectivity index (χ2n) is 6.15. The van der Waals surface area contributed by atoms with Gasteiger partial charge >= 0.3 is 0 Å². The first-order chi connectivity index (χ1) is 12.8. The van der Waals surface area contributed by atoms with E-state index in [2.05, 4.69) is 38.7 Å². The van der Waals surface area contributed by atoms with Gasteiger partial charge in [-0.2, -0.15) is 0 Å². The number of fused-ring (bicyclic) bond motifs is 1. The Morgan fingerprint density at radius 2 is 1.92 bits per heavy atom. The lowest BCUT2D eigenvalue weighted by Crippen LogP contribution is -2.35. The summed E-state index contributed by atoms with van der Waals surface area (Å²) in [6.07, 6.45) is 0. The van der Waals surface area contributed by atoms with Crippen LogP contribution in [0, 0.1) is 0 Å².